The molecule has 1 N–H and O–H groups in total. The van der Waals surface area contributed by atoms with Crippen LogP contribution < -0.4 is 4.72 Å². The first-order valence-corrected chi connectivity index (χ1v) is 8.36. The van der Waals surface area contributed by atoms with E-state index in [4.69, 9.17) is 0 Å². The van der Waals surface area contributed by atoms with Gasteiger partial charge in [-0.3, -0.25) is 4.79 Å². The normalized spacial score (nSPS) is 18.1. The Bertz CT molecular complexity index is 525. The molecular weight excluding hydrogens is 274 g/mol. The molecule has 6 heteroatoms. The van der Waals surface area contributed by atoms with Crippen molar-refractivity contribution in [3.63, 3.8) is 0 Å². The Kier molecular flexibility index (Phi) is 5.40. The quantitative estimate of drug-likeness (QED) is 0.865. The second-order valence-electron chi connectivity index (χ2n) is 4.95. The van der Waals surface area contributed by atoms with E-state index in [1.54, 1.807) is 24.3 Å². The lowest BCUT2D eigenvalue weighted by Crippen LogP contribution is -2.09. The van der Waals surface area contributed by atoms with Crippen LogP contribution in [0, 0.1) is 0 Å². The topological polar surface area (TPSA) is 70.9 Å². The number of benzene rings is 1. The zero-order valence-corrected chi connectivity index (χ0v) is 12.4. The number of azo groups is 1. The van der Waals surface area contributed by atoms with E-state index in [2.05, 4.69) is 15.0 Å². The number of hydrogen-bond donors (Lipinski definition) is 1. The Morgan fingerprint density at radius 1 is 1.30 bits per heavy atom. The molecule has 0 heterocycles. The van der Waals surface area contributed by atoms with Crippen molar-refractivity contribution in [2.75, 3.05) is 11.0 Å². The number of nitrogens with one attached hydrogen (secondary N) is 1. The summed E-state index contributed by atoms with van der Waals surface area (Å²) in [5, 5.41) is 7.97. The first kappa shape index (κ1) is 14.8. The Morgan fingerprint density at radius 2 is 2.05 bits per heavy atom. The van der Waals surface area contributed by atoms with Gasteiger partial charge in [-0.2, -0.15) is 5.11 Å². The summed E-state index contributed by atoms with van der Waals surface area (Å²) in [6.07, 6.45) is 7.17. The lowest BCUT2D eigenvalue weighted by Gasteiger charge is -2.15. The third kappa shape index (κ3) is 4.52. The minimum atomic E-state index is -1.16. The zero-order chi connectivity index (χ0) is 14.4. The van der Waals surface area contributed by atoms with Crippen molar-refractivity contribution in [1.29, 1.82) is 0 Å². The van der Waals surface area contributed by atoms with Gasteiger partial charge >= 0.3 is 0 Å². The Labute approximate surface area is 121 Å². The van der Waals surface area contributed by atoms with Crippen molar-refractivity contribution < 1.29 is 9.00 Å². The van der Waals surface area contributed by atoms with Gasteiger partial charge in [0.05, 0.1) is 6.04 Å². The highest BCUT2D eigenvalue weighted by Crippen LogP contribution is 2.21. The standard InChI is InChI=1S/C14H19N3O2S/c1-20(19)17-13-9-5-6-11(10-13)14(18)16-15-12-7-3-2-4-8-12/h5-6,9-10,12,17H,2-4,7-8H2,1H3. The van der Waals surface area contributed by atoms with Crippen molar-refractivity contribution >= 4 is 22.6 Å². The molecule has 1 saturated carbocycles. The Balaban J connectivity index is 2.01. The maximum Gasteiger partial charge on any atom is 0.295 e. The molecule has 0 radical (unpaired) electrons. The van der Waals surface area contributed by atoms with Gasteiger partial charge in [0.15, 0.2) is 0 Å². The fraction of sp³-hybridized carbons (Fsp3) is 0.500. The summed E-state index contributed by atoms with van der Waals surface area (Å²) in [5.41, 5.74) is 1.10. The van der Waals surface area contributed by atoms with Crippen LogP contribution in [0.3, 0.4) is 0 Å². The molecule has 0 aliphatic heterocycles. The van der Waals surface area contributed by atoms with E-state index in [-0.39, 0.29) is 11.9 Å². The number of amides is 1. The summed E-state index contributed by atoms with van der Waals surface area (Å²) in [7, 11) is -1.16. The number of hydrogen-bond acceptors (Lipinski definition) is 3. The Morgan fingerprint density at radius 3 is 2.75 bits per heavy atom. The van der Waals surface area contributed by atoms with E-state index in [1.165, 1.54) is 25.5 Å². The molecule has 1 aliphatic rings. The highest BCUT2D eigenvalue weighted by Gasteiger charge is 2.13. The fourth-order valence-electron chi connectivity index (χ4n) is 2.27. The predicted molar refractivity (Wildman–Crippen MR) is 80.2 cm³/mol. The van der Waals surface area contributed by atoms with Crippen LogP contribution in [0.15, 0.2) is 34.5 Å². The van der Waals surface area contributed by atoms with Crippen molar-refractivity contribution in [3.05, 3.63) is 29.8 Å². The molecule has 108 valence electrons. The second kappa shape index (κ2) is 7.28. The maximum absolute atomic E-state index is 12.0. The summed E-state index contributed by atoms with van der Waals surface area (Å²) < 4.78 is 13.9. The molecule has 0 spiro atoms. The van der Waals surface area contributed by atoms with Gasteiger partial charge in [-0.05, 0) is 31.0 Å². The third-order valence-corrected chi connectivity index (χ3v) is 3.78. The van der Waals surface area contributed by atoms with E-state index in [0.29, 0.717) is 11.3 Å². The number of rotatable bonds is 4. The SMILES string of the molecule is CS(=O)Nc1cccc(C(=O)N=NC2CCCCC2)c1. The molecule has 1 aromatic rings. The van der Waals surface area contributed by atoms with E-state index in [0.717, 1.165) is 12.8 Å². The highest BCUT2D eigenvalue weighted by molar-refractivity contribution is 7.85. The molecular formula is C14H19N3O2S. The molecule has 0 aromatic heterocycles. The lowest BCUT2D eigenvalue weighted by molar-refractivity contribution is 0.0991. The first-order valence-electron chi connectivity index (χ1n) is 6.80. The first-order chi connectivity index (χ1) is 9.65. The maximum atomic E-state index is 12.0. The van der Waals surface area contributed by atoms with Crippen LogP contribution in [0.25, 0.3) is 0 Å². The number of carbonyl (C=O) groups is 1. The fourth-order valence-corrected chi connectivity index (χ4v) is 2.73. The molecule has 20 heavy (non-hydrogen) atoms. The van der Waals surface area contributed by atoms with Crippen LogP contribution in [-0.4, -0.2) is 22.4 Å². The van der Waals surface area contributed by atoms with Crippen LogP contribution in [0.4, 0.5) is 5.69 Å². The summed E-state index contributed by atoms with van der Waals surface area (Å²) in [4.78, 5) is 12.0. The smallest absolute Gasteiger partial charge is 0.295 e. The zero-order valence-electron chi connectivity index (χ0n) is 11.5. The second-order valence-corrected chi connectivity index (χ2v) is 6.06. The van der Waals surface area contributed by atoms with Gasteiger partial charge in [0, 0.05) is 17.5 Å². The molecule has 1 amide bonds. The predicted octanol–water partition coefficient (Wildman–Crippen LogP) is 3.32. The van der Waals surface area contributed by atoms with Gasteiger partial charge in [-0.25, -0.2) is 4.21 Å². The van der Waals surface area contributed by atoms with Gasteiger partial charge in [0.1, 0.15) is 11.0 Å². The summed E-state index contributed by atoms with van der Waals surface area (Å²) in [6.45, 7) is 0. The monoisotopic (exact) mass is 293 g/mol. The number of carbonyl (C=O) groups excluding carboxylic acids is 1. The molecule has 5 nitrogen and oxygen atoms in total. The Hall–Kier alpha value is -1.56. The molecule has 2 rings (SSSR count). The number of nitrogens with zero attached hydrogens (tertiary/aromatic N) is 2. The van der Waals surface area contributed by atoms with Crippen LogP contribution in [-0.2, 0) is 11.0 Å². The average Bonchev–Trinajstić information content (AvgIpc) is 2.45. The largest absolute Gasteiger partial charge is 0.305 e. The van der Waals surface area contributed by atoms with Gasteiger partial charge in [0.25, 0.3) is 5.91 Å². The van der Waals surface area contributed by atoms with Crippen LogP contribution in [0.5, 0.6) is 0 Å². The minimum Gasteiger partial charge on any atom is -0.305 e. The summed E-state index contributed by atoms with van der Waals surface area (Å²) >= 11 is 0. The molecule has 1 fully saturated rings. The van der Waals surface area contributed by atoms with Gasteiger partial charge < -0.3 is 4.72 Å². The molecule has 0 bridgehead atoms. The van der Waals surface area contributed by atoms with Crippen molar-refractivity contribution in [2.24, 2.45) is 10.2 Å². The van der Waals surface area contributed by atoms with Crippen molar-refractivity contribution in [3.8, 4) is 0 Å². The van der Waals surface area contributed by atoms with E-state index in [1.807, 2.05) is 0 Å². The summed E-state index contributed by atoms with van der Waals surface area (Å²) in [6, 6.07) is 7.02. The van der Waals surface area contributed by atoms with Crippen LogP contribution in [0.2, 0.25) is 0 Å². The molecule has 1 aromatic carbocycles. The lowest BCUT2D eigenvalue weighted by atomic mass is 9.96. The molecule has 1 atom stereocenters. The van der Waals surface area contributed by atoms with Crippen molar-refractivity contribution in [1.82, 2.24) is 0 Å². The molecule has 1 aliphatic carbocycles. The third-order valence-electron chi connectivity index (χ3n) is 3.26. The van der Waals surface area contributed by atoms with Gasteiger partial charge in [-0.1, -0.05) is 25.3 Å². The van der Waals surface area contributed by atoms with Crippen LogP contribution >= 0.6 is 0 Å². The summed E-state index contributed by atoms with van der Waals surface area (Å²) in [5.74, 6) is -0.346. The molecule has 0 saturated heterocycles. The van der Waals surface area contributed by atoms with E-state index in [9.17, 15) is 9.00 Å². The highest BCUT2D eigenvalue weighted by atomic mass is 32.2. The van der Waals surface area contributed by atoms with Gasteiger partial charge in [-0.15, -0.1) is 5.11 Å². The van der Waals surface area contributed by atoms with E-state index >= 15 is 0 Å². The van der Waals surface area contributed by atoms with Crippen LogP contribution in [0.1, 0.15) is 42.5 Å². The minimum absolute atomic E-state index is 0.192. The van der Waals surface area contributed by atoms with Crippen molar-refractivity contribution in [2.45, 2.75) is 38.1 Å². The molecule has 1 unspecified atom stereocenters. The van der Waals surface area contributed by atoms with Gasteiger partial charge in [0.2, 0.25) is 0 Å². The average molecular weight is 293 g/mol. The van der Waals surface area contributed by atoms with E-state index < -0.39 is 11.0 Å². The number of anilines is 1.